The maximum atomic E-state index is 12.6. The van der Waals surface area contributed by atoms with E-state index in [4.69, 9.17) is 5.10 Å². The van der Waals surface area contributed by atoms with Crippen LogP contribution >= 0.6 is 15.9 Å². The normalized spacial score (nSPS) is 17.6. The van der Waals surface area contributed by atoms with E-state index in [2.05, 4.69) is 25.8 Å². The topological polar surface area (TPSA) is 116 Å². The molecule has 0 aliphatic carbocycles. The lowest BCUT2D eigenvalue weighted by Gasteiger charge is -2.32. The number of rotatable bonds is 7. The molecular weight excluding hydrogens is 584 g/mol. The van der Waals surface area contributed by atoms with Crippen LogP contribution in [0.25, 0.3) is 22.3 Å². The fraction of sp³-hybridized carbons (Fsp3) is 0.407. The largest absolute Gasteiger partial charge is 0.336 e. The molecule has 6 rings (SSSR count). The van der Waals surface area contributed by atoms with Crippen LogP contribution in [0, 0.1) is 0 Å². The summed E-state index contributed by atoms with van der Waals surface area (Å²) in [5.74, 6) is 0. The van der Waals surface area contributed by atoms with E-state index < -0.39 is 10.3 Å². The molecule has 0 atom stereocenters. The first-order valence-corrected chi connectivity index (χ1v) is 15.5. The smallest absolute Gasteiger partial charge is 0.306 e. The molecule has 4 heterocycles. The first kappa shape index (κ1) is 26.5. The number of aromatic amines is 1. The highest BCUT2D eigenvalue weighted by Crippen LogP contribution is 2.32. The van der Waals surface area contributed by atoms with Gasteiger partial charge in [-0.2, -0.15) is 17.8 Å². The zero-order chi connectivity index (χ0) is 27.1. The van der Waals surface area contributed by atoms with Crippen LogP contribution in [0.1, 0.15) is 36.6 Å². The average Bonchev–Trinajstić information content (AvgIpc) is 3.46. The third-order valence-corrected chi connectivity index (χ3v) is 9.43. The molecule has 2 aromatic carbocycles. The molecule has 2 aliphatic rings. The molecule has 2 aromatic heterocycles. The molecule has 10 nitrogen and oxygen atoms in total. The van der Waals surface area contributed by atoms with Gasteiger partial charge in [-0.25, -0.2) is 4.79 Å². The summed E-state index contributed by atoms with van der Waals surface area (Å²) in [5, 5.41) is 4.91. The molecule has 2 aliphatic heterocycles. The quantitative estimate of drug-likeness (QED) is 0.306. The van der Waals surface area contributed by atoms with Gasteiger partial charge in [-0.3, -0.25) is 13.8 Å². The predicted octanol–water partition coefficient (Wildman–Crippen LogP) is 3.84. The van der Waals surface area contributed by atoms with Crippen molar-refractivity contribution < 1.29 is 13.0 Å². The van der Waals surface area contributed by atoms with Crippen LogP contribution in [-0.2, 0) is 29.8 Å². The first-order chi connectivity index (χ1) is 18.8. The van der Waals surface area contributed by atoms with Crippen molar-refractivity contribution in [3.05, 3.63) is 74.7 Å². The van der Waals surface area contributed by atoms with E-state index in [0.717, 1.165) is 87.8 Å². The summed E-state index contributed by atoms with van der Waals surface area (Å²) in [6.45, 7) is 3.86. The molecule has 2 N–H and O–H groups in total. The molecule has 0 bridgehead atoms. The zero-order valence-electron chi connectivity index (χ0n) is 21.5. The maximum Gasteiger partial charge on any atom is 0.336 e. The molecule has 0 unspecified atom stereocenters. The first-order valence-electron chi connectivity index (χ1n) is 13.3. The van der Waals surface area contributed by atoms with Crippen molar-refractivity contribution in [1.29, 1.82) is 0 Å². The maximum absolute atomic E-state index is 12.6. The van der Waals surface area contributed by atoms with Crippen molar-refractivity contribution in [2.75, 3.05) is 26.2 Å². The Bertz CT molecular complexity index is 1650. The van der Waals surface area contributed by atoms with E-state index in [0.29, 0.717) is 6.42 Å². The minimum Gasteiger partial charge on any atom is -0.306 e. The molecule has 206 valence electrons. The van der Waals surface area contributed by atoms with Gasteiger partial charge in [0.05, 0.1) is 16.7 Å². The Balaban J connectivity index is 1.13. The Kier molecular flexibility index (Phi) is 7.23. The van der Waals surface area contributed by atoms with Crippen LogP contribution in [0.3, 0.4) is 0 Å². The summed E-state index contributed by atoms with van der Waals surface area (Å²) < 4.78 is 39.3. The average molecular weight is 616 g/mol. The number of nitrogens with zero attached hydrogens (tertiary/aromatic N) is 5. The third-order valence-electron chi connectivity index (χ3n) is 7.93. The number of imidazole rings is 1. The van der Waals surface area contributed by atoms with E-state index in [-0.39, 0.29) is 24.8 Å². The second kappa shape index (κ2) is 10.7. The van der Waals surface area contributed by atoms with Crippen LogP contribution in [0.5, 0.6) is 0 Å². The summed E-state index contributed by atoms with van der Waals surface area (Å²) in [6, 6.07) is 15.9. The lowest BCUT2D eigenvalue weighted by Crippen LogP contribution is -2.38. The van der Waals surface area contributed by atoms with Gasteiger partial charge in [-0.05, 0) is 50.1 Å². The summed E-state index contributed by atoms with van der Waals surface area (Å²) in [5.41, 5.74) is 5.38. The molecule has 39 heavy (non-hydrogen) atoms. The number of likely N-dealkylation sites (tertiary alicyclic amines) is 1. The molecule has 12 heteroatoms. The Morgan fingerprint density at radius 1 is 1.03 bits per heavy atom. The van der Waals surface area contributed by atoms with E-state index in [1.54, 1.807) is 0 Å². The van der Waals surface area contributed by atoms with Crippen LogP contribution in [0.4, 0.5) is 0 Å². The summed E-state index contributed by atoms with van der Waals surface area (Å²) in [4.78, 5) is 18.0. The van der Waals surface area contributed by atoms with Gasteiger partial charge in [0.1, 0.15) is 0 Å². The molecule has 4 aromatic rings. The molecule has 1 saturated heterocycles. The Labute approximate surface area is 235 Å². The second-order valence-electron chi connectivity index (χ2n) is 10.3. The molecule has 1 fully saturated rings. The summed E-state index contributed by atoms with van der Waals surface area (Å²) >= 11 is 3.47. The fourth-order valence-corrected chi connectivity index (χ4v) is 6.85. The second-order valence-corrected chi connectivity index (χ2v) is 12.6. The number of aryl methyl sites for hydroxylation is 1. The van der Waals surface area contributed by atoms with Crippen LogP contribution in [0.2, 0.25) is 0 Å². The number of piperidine rings is 1. The van der Waals surface area contributed by atoms with E-state index in [1.165, 1.54) is 0 Å². The highest BCUT2D eigenvalue weighted by atomic mass is 79.9. The Morgan fingerprint density at radius 2 is 1.77 bits per heavy atom. The van der Waals surface area contributed by atoms with Gasteiger partial charge in [-0.1, -0.05) is 40.2 Å². The van der Waals surface area contributed by atoms with Crippen LogP contribution < -0.4 is 5.69 Å². The lowest BCUT2D eigenvalue weighted by molar-refractivity contribution is 0.182. The molecule has 0 saturated carbocycles. The minimum atomic E-state index is -4.27. The summed E-state index contributed by atoms with van der Waals surface area (Å²) in [7, 11) is -4.27. The molecular formula is C27H31BrN6O4S. The van der Waals surface area contributed by atoms with Crippen molar-refractivity contribution in [3.8, 4) is 11.3 Å². The SMILES string of the molecule is O=c1[nH]c2ccccc2n1C1CCN(CCCn2nc(-c3ccc(Br)cc3)c3c2CCN(S(=O)(=O)O)C3)CC1. The Hall–Kier alpha value is -2.77. The number of hydrogen-bond donors (Lipinski definition) is 2. The lowest BCUT2D eigenvalue weighted by atomic mass is 10.0. The third kappa shape index (κ3) is 5.36. The number of hydrogen-bond acceptors (Lipinski definition) is 5. The van der Waals surface area contributed by atoms with E-state index >= 15 is 0 Å². The molecule has 0 amide bonds. The number of nitrogens with one attached hydrogen (secondary N) is 1. The van der Waals surface area contributed by atoms with E-state index in [1.807, 2.05) is 57.8 Å². The van der Waals surface area contributed by atoms with E-state index in [9.17, 15) is 17.8 Å². The van der Waals surface area contributed by atoms with Gasteiger partial charge in [0, 0.05) is 66.5 Å². The highest BCUT2D eigenvalue weighted by molar-refractivity contribution is 9.10. The number of H-pyrrole nitrogens is 1. The highest BCUT2D eigenvalue weighted by Gasteiger charge is 2.31. The number of aromatic nitrogens is 4. The van der Waals surface area contributed by atoms with Crippen molar-refractivity contribution in [1.82, 2.24) is 28.5 Å². The number of para-hydroxylation sites is 2. The minimum absolute atomic E-state index is 0.0350. The van der Waals surface area contributed by atoms with Crippen molar-refractivity contribution in [2.45, 2.75) is 44.8 Å². The number of halogens is 1. The van der Waals surface area contributed by atoms with Crippen molar-refractivity contribution >= 4 is 37.3 Å². The monoisotopic (exact) mass is 614 g/mol. The predicted molar refractivity (Wildman–Crippen MR) is 153 cm³/mol. The van der Waals surface area contributed by atoms with Gasteiger partial charge in [0.2, 0.25) is 0 Å². The standard InChI is InChI=1S/C27H31BrN6O4S/c28-20-8-6-19(7-9-20)26-22-18-32(39(36,37)38)17-12-24(22)33(30-26)14-3-13-31-15-10-21(11-16-31)34-25-5-2-1-4-23(25)29-27(34)35/h1-2,4-9,21H,3,10-18H2,(H,29,35)(H,36,37,38). The molecule has 0 spiro atoms. The zero-order valence-corrected chi connectivity index (χ0v) is 23.9. The van der Waals surface area contributed by atoms with Crippen molar-refractivity contribution in [3.63, 3.8) is 0 Å². The fourth-order valence-electron chi connectivity index (χ4n) is 5.97. The molecule has 0 radical (unpaired) electrons. The van der Waals surface area contributed by atoms with Crippen molar-refractivity contribution in [2.24, 2.45) is 0 Å². The van der Waals surface area contributed by atoms with Gasteiger partial charge < -0.3 is 9.88 Å². The van der Waals surface area contributed by atoms with Gasteiger partial charge in [0.25, 0.3) is 0 Å². The number of fused-ring (bicyclic) bond motifs is 2. The number of benzene rings is 2. The van der Waals surface area contributed by atoms with Crippen LogP contribution in [0.15, 0.2) is 57.8 Å². The summed E-state index contributed by atoms with van der Waals surface area (Å²) in [6.07, 6.45) is 3.27. The van der Waals surface area contributed by atoms with Gasteiger partial charge >= 0.3 is 16.0 Å². The van der Waals surface area contributed by atoms with Gasteiger partial charge in [0.15, 0.2) is 0 Å². The Morgan fingerprint density at radius 3 is 2.51 bits per heavy atom. The van der Waals surface area contributed by atoms with Crippen LogP contribution in [-0.4, -0.2) is 67.7 Å². The van der Waals surface area contributed by atoms with Gasteiger partial charge in [-0.15, -0.1) is 0 Å².